The van der Waals surface area contributed by atoms with Gasteiger partial charge in [0.05, 0.1) is 29.4 Å². The van der Waals surface area contributed by atoms with Crippen molar-refractivity contribution in [1.29, 1.82) is 0 Å². The number of likely N-dealkylation sites (tertiary alicyclic amines) is 1. The fourth-order valence-corrected chi connectivity index (χ4v) is 8.13. The largest absolute Gasteiger partial charge is 0.463 e. The minimum absolute atomic E-state index is 0.0329. The molecule has 0 saturated carbocycles. The summed E-state index contributed by atoms with van der Waals surface area (Å²) >= 11 is 0. The van der Waals surface area contributed by atoms with Gasteiger partial charge in [-0.1, -0.05) is 32.0 Å². The van der Waals surface area contributed by atoms with E-state index in [1.807, 2.05) is 38.9 Å². The third-order valence-electron chi connectivity index (χ3n) is 11.1. The summed E-state index contributed by atoms with van der Waals surface area (Å²) in [5, 5.41) is 0. The first-order valence-corrected chi connectivity index (χ1v) is 18.7. The summed E-state index contributed by atoms with van der Waals surface area (Å²) < 4.78 is 31.7. The molecule has 11 nitrogen and oxygen atoms in total. The first kappa shape index (κ1) is 40.4. The van der Waals surface area contributed by atoms with Crippen LogP contribution in [-0.2, 0) is 33.3 Å². The normalized spacial score (nSPS) is 35.6. The summed E-state index contributed by atoms with van der Waals surface area (Å²) in [5.41, 5.74) is -0.529. The van der Waals surface area contributed by atoms with Crippen molar-refractivity contribution in [3.8, 4) is 0 Å². The van der Waals surface area contributed by atoms with Gasteiger partial charge in [0.1, 0.15) is 12.5 Å². The van der Waals surface area contributed by atoms with E-state index in [0.29, 0.717) is 18.4 Å². The quantitative estimate of drug-likeness (QED) is 0.251. The smallest absolute Gasteiger partial charge is 0.338 e. The third kappa shape index (κ3) is 10.3. The Balaban J connectivity index is 1.62. The van der Waals surface area contributed by atoms with Crippen LogP contribution in [0.5, 0.6) is 0 Å². The number of ether oxygens (including phenoxy) is 5. The molecule has 1 unspecified atom stereocenters. The van der Waals surface area contributed by atoms with Gasteiger partial charge in [0.15, 0.2) is 18.2 Å². The Hall–Kier alpha value is -2.41. The van der Waals surface area contributed by atoms with Crippen LogP contribution in [0.4, 0.5) is 0 Å². The number of cyclic esters (lactones) is 1. The molecule has 1 aromatic rings. The average Bonchev–Trinajstić information content (AvgIpc) is 3.61. The van der Waals surface area contributed by atoms with E-state index < -0.39 is 47.9 Å². The SMILES string of the molecule is CO[C@]1(C)C[C@@H](C)CN(C)[C@H](CCCN2CCCC2)COC(=O)[C@H](C)C(=O)[C@H](C)[C@H]1OC1O[C@H](C)C[C@H](N(C)C)[C@H]1OC(=O)c1ccccc1. The highest BCUT2D eigenvalue weighted by atomic mass is 16.7. The van der Waals surface area contributed by atoms with Gasteiger partial charge in [0, 0.05) is 25.6 Å². The predicted molar refractivity (Wildman–Crippen MR) is 192 cm³/mol. The maximum Gasteiger partial charge on any atom is 0.338 e. The summed E-state index contributed by atoms with van der Waals surface area (Å²) in [6, 6.07) is 8.67. The molecule has 3 heterocycles. The molecule has 4 rings (SSSR count). The Labute approximate surface area is 300 Å². The molecule has 10 atom stereocenters. The minimum atomic E-state index is -1.00. The number of likely N-dealkylation sites (N-methyl/N-ethyl adjacent to an activating group) is 2. The van der Waals surface area contributed by atoms with E-state index in [1.165, 1.54) is 12.8 Å². The zero-order valence-corrected chi connectivity index (χ0v) is 32.0. The van der Waals surface area contributed by atoms with Crippen molar-refractivity contribution in [2.24, 2.45) is 17.8 Å². The topological polar surface area (TPSA) is 107 Å². The number of methoxy groups -OCH3 is 1. The number of esters is 2. The van der Waals surface area contributed by atoms with Gasteiger partial charge in [0.2, 0.25) is 0 Å². The van der Waals surface area contributed by atoms with Gasteiger partial charge in [-0.15, -0.1) is 0 Å². The Morgan fingerprint density at radius 2 is 1.74 bits per heavy atom. The van der Waals surface area contributed by atoms with Crippen LogP contribution < -0.4 is 0 Å². The molecule has 0 aliphatic carbocycles. The summed E-state index contributed by atoms with van der Waals surface area (Å²) in [5.74, 6) is -2.94. The van der Waals surface area contributed by atoms with E-state index in [0.717, 1.165) is 39.0 Å². The molecule has 1 aromatic carbocycles. The summed E-state index contributed by atoms with van der Waals surface area (Å²) in [6.45, 7) is 13.8. The highest BCUT2D eigenvalue weighted by molar-refractivity contribution is 6.00. The Morgan fingerprint density at radius 3 is 2.38 bits per heavy atom. The Morgan fingerprint density at radius 1 is 1.06 bits per heavy atom. The van der Waals surface area contributed by atoms with Crippen molar-refractivity contribution in [3.05, 3.63) is 35.9 Å². The predicted octanol–water partition coefficient (Wildman–Crippen LogP) is 4.67. The number of Topliss-reactive ketones (excluding diaryl/α,β-unsaturated/α-hetero) is 1. The molecule has 0 amide bonds. The summed E-state index contributed by atoms with van der Waals surface area (Å²) in [4.78, 5) is 47.8. The molecule has 3 fully saturated rings. The van der Waals surface area contributed by atoms with Crippen molar-refractivity contribution < 1.29 is 38.1 Å². The van der Waals surface area contributed by atoms with Crippen LogP contribution in [0.3, 0.4) is 0 Å². The number of ketones is 1. The maximum absolute atomic E-state index is 14.2. The zero-order valence-electron chi connectivity index (χ0n) is 32.0. The second kappa shape index (κ2) is 18.4. The zero-order chi connectivity index (χ0) is 36.6. The minimum Gasteiger partial charge on any atom is -0.463 e. The molecule has 0 bridgehead atoms. The van der Waals surface area contributed by atoms with Gasteiger partial charge >= 0.3 is 11.9 Å². The highest BCUT2D eigenvalue weighted by Gasteiger charge is 2.50. The van der Waals surface area contributed by atoms with Crippen LogP contribution in [0.2, 0.25) is 0 Å². The number of hydrogen-bond acceptors (Lipinski definition) is 11. The van der Waals surface area contributed by atoms with Gasteiger partial charge in [-0.25, -0.2) is 4.79 Å². The lowest BCUT2D eigenvalue weighted by molar-refractivity contribution is -0.294. The van der Waals surface area contributed by atoms with Gasteiger partial charge in [-0.05, 0) is 118 Å². The fourth-order valence-electron chi connectivity index (χ4n) is 8.13. The lowest BCUT2D eigenvalue weighted by atomic mass is 9.78. The van der Waals surface area contributed by atoms with E-state index in [-0.39, 0.29) is 36.5 Å². The first-order chi connectivity index (χ1) is 23.7. The molecule has 3 saturated heterocycles. The lowest BCUT2D eigenvalue weighted by Crippen LogP contribution is -2.60. The maximum atomic E-state index is 14.2. The number of rotatable bonds is 10. The van der Waals surface area contributed by atoms with Crippen molar-refractivity contribution in [1.82, 2.24) is 14.7 Å². The van der Waals surface area contributed by atoms with Crippen molar-refractivity contribution in [3.63, 3.8) is 0 Å². The molecule has 11 heteroatoms. The monoisotopic (exact) mass is 701 g/mol. The van der Waals surface area contributed by atoms with Crippen molar-refractivity contribution in [2.45, 2.75) is 115 Å². The second-order valence-electron chi connectivity index (χ2n) is 15.5. The third-order valence-corrected chi connectivity index (χ3v) is 11.1. The van der Waals surface area contributed by atoms with E-state index >= 15 is 0 Å². The van der Waals surface area contributed by atoms with Gasteiger partial charge in [-0.3, -0.25) is 14.5 Å². The number of nitrogens with zero attached hydrogens (tertiary/aromatic N) is 3. The Kier molecular flexibility index (Phi) is 14.8. The van der Waals surface area contributed by atoms with Gasteiger partial charge in [0.25, 0.3) is 0 Å². The van der Waals surface area contributed by atoms with Crippen LogP contribution in [0.15, 0.2) is 30.3 Å². The summed E-state index contributed by atoms with van der Waals surface area (Å²) in [7, 11) is 7.61. The number of carbonyl (C=O) groups excluding carboxylic acids is 3. The van der Waals surface area contributed by atoms with Crippen molar-refractivity contribution in [2.75, 3.05) is 61.0 Å². The molecule has 0 aromatic heterocycles. The molecule has 0 N–H and O–H groups in total. The van der Waals surface area contributed by atoms with Crippen molar-refractivity contribution >= 4 is 17.7 Å². The van der Waals surface area contributed by atoms with Crippen LogP contribution in [-0.4, -0.2) is 136 Å². The van der Waals surface area contributed by atoms with Gasteiger partial charge < -0.3 is 33.5 Å². The molecule has 50 heavy (non-hydrogen) atoms. The van der Waals surface area contributed by atoms with Crippen LogP contribution >= 0.6 is 0 Å². The Bertz CT molecular complexity index is 1240. The number of hydrogen-bond donors (Lipinski definition) is 0. The van der Waals surface area contributed by atoms with E-state index in [2.05, 4.69) is 23.8 Å². The first-order valence-electron chi connectivity index (χ1n) is 18.7. The van der Waals surface area contributed by atoms with Crippen LogP contribution in [0, 0.1) is 17.8 Å². The fraction of sp³-hybridized carbons (Fsp3) is 0.769. The van der Waals surface area contributed by atoms with Crippen LogP contribution in [0.25, 0.3) is 0 Å². The molecule has 282 valence electrons. The molecule has 0 spiro atoms. The molecule has 3 aliphatic heterocycles. The molecule has 3 aliphatic rings. The standard InChI is InChI=1S/C39H63N3O8/c1-26-23-39(5,46-9)35(50-38-34(32(40(6)7)22-27(2)48-38)49-37(45)30-16-11-10-12-17-30)28(3)33(43)29(4)36(44)47-25-31(41(8)24-26)18-15-21-42-19-13-14-20-42/h10-12,16-17,26-29,31-32,34-35,38H,13-15,18-25H2,1-9H3/t26-,27-,28+,29-,31-,32+,34-,35-,38?,39-/m1/s1. The molecular weight excluding hydrogens is 638 g/mol. The van der Waals surface area contributed by atoms with Crippen LogP contribution in [0.1, 0.15) is 83.5 Å². The summed E-state index contributed by atoms with van der Waals surface area (Å²) in [6.07, 6.45) is 2.78. The average molecular weight is 702 g/mol. The highest BCUT2D eigenvalue weighted by Crippen LogP contribution is 2.37. The molecule has 0 radical (unpaired) electrons. The molecular formula is C39H63N3O8. The van der Waals surface area contributed by atoms with E-state index in [1.54, 1.807) is 45.2 Å². The second-order valence-corrected chi connectivity index (χ2v) is 15.5. The number of carbonyl (C=O) groups is 3. The van der Waals surface area contributed by atoms with E-state index in [9.17, 15) is 14.4 Å². The van der Waals surface area contributed by atoms with E-state index in [4.69, 9.17) is 23.7 Å². The lowest BCUT2D eigenvalue weighted by Gasteiger charge is -2.47. The number of benzene rings is 1. The van der Waals surface area contributed by atoms with Gasteiger partial charge in [-0.2, -0.15) is 0 Å².